The predicted octanol–water partition coefficient (Wildman–Crippen LogP) is 5.04. The van der Waals surface area contributed by atoms with Gasteiger partial charge in [0.25, 0.3) is 0 Å². The number of rotatable bonds is 4. The van der Waals surface area contributed by atoms with Crippen LogP contribution in [0.4, 0.5) is 0 Å². The van der Waals surface area contributed by atoms with E-state index in [1.165, 1.54) is 56.1 Å². The fraction of sp³-hybridized carbons (Fsp3) is 0.647. The van der Waals surface area contributed by atoms with Gasteiger partial charge >= 0.3 is 0 Å². The van der Waals surface area contributed by atoms with E-state index in [1.54, 1.807) is 0 Å². The minimum atomic E-state index is 0.335. The Morgan fingerprint density at radius 1 is 1.16 bits per heavy atom. The van der Waals surface area contributed by atoms with Crippen molar-refractivity contribution >= 4 is 15.9 Å². The molecule has 0 amide bonds. The third-order valence-electron chi connectivity index (χ3n) is 4.85. The highest BCUT2D eigenvalue weighted by Crippen LogP contribution is 2.42. The molecule has 3 rings (SSSR count). The number of hydrogen-bond donors (Lipinski definition) is 0. The van der Waals surface area contributed by atoms with Crippen molar-refractivity contribution in [3.63, 3.8) is 0 Å². The molecule has 1 nitrogen and oxygen atoms in total. The van der Waals surface area contributed by atoms with Gasteiger partial charge in [0.1, 0.15) is 0 Å². The third kappa shape index (κ3) is 2.90. The lowest BCUT2D eigenvalue weighted by Gasteiger charge is -2.31. The van der Waals surface area contributed by atoms with Gasteiger partial charge in [-0.3, -0.25) is 0 Å². The SMILES string of the molecule is BrCC1(COC2CCCc3ccccc32)CCCC1. The zero-order chi connectivity index (χ0) is 13.1. The van der Waals surface area contributed by atoms with E-state index >= 15 is 0 Å². The lowest BCUT2D eigenvalue weighted by atomic mass is 9.88. The molecule has 0 spiro atoms. The number of aryl methyl sites for hydroxylation is 1. The lowest BCUT2D eigenvalue weighted by Crippen LogP contribution is -2.27. The molecule has 1 aromatic rings. The number of ether oxygens (including phenoxy) is 1. The molecular formula is C17H23BrO. The number of halogens is 1. The van der Waals surface area contributed by atoms with E-state index in [-0.39, 0.29) is 0 Å². The normalized spacial score (nSPS) is 25.2. The van der Waals surface area contributed by atoms with E-state index in [4.69, 9.17) is 4.74 Å². The standard InChI is InChI=1S/C17H23BrO/c18-12-17(10-3-4-11-17)13-19-16-9-5-7-14-6-1-2-8-15(14)16/h1-2,6,8,16H,3-5,7,9-13H2. The maximum absolute atomic E-state index is 6.36. The van der Waals surface area contributed by atoms with Gasteiger partial charge in [0, 0.05) is 10.7 Å². The number of alkyl halides is 1. The molecule has 2 aliphatic carbocycles. The van der Waals surface area contributed by atoms with Crippen LogP contribution < -0.4 is 0 Å². The summed E-state index contributed by atoms with van der Waals surface area (Å²) in [5.74, 6) is 0. The van der Waals surface area contributed by atoms with Gasteiger partial charge in [0.2, 0.25) is 0 Å². The molecule has 19 heavy (non-hydrogen) atoms. The van der Waals surface area contributed by atoms with Crippen molar-refractivity contribution < 1.29 is 4.74 Å². The Labute approximate surface area is 124 Å². The minimum absolute atomic E-state index is 0.335. The van der Waals surface area contributed by atoms with Crippen LogP contribution in [0, 0.1) is 5.41 Å². The van der Waals surface area contributed by atoms with Crippen molar-refractivity contribution in [2.45, 2.75) is 51.0 Å². The summed E-state index contributed by atoms with van der Waals surface area (Å²) in [6.07, 6.45) is 9.41. The topological polar surface area (TPSA) is 9.23 Å². The molecule has 0 heterocycles. The van der Waals surface area contributed by atoms with E-state index in [0.29, 0.717) is 11.5 Å². The Morgan fingerprint density at radius 3 is 2.74 bits per heavy atom. The number of fused-ring (bicyclic) bond motifs is 1. The van der Waals surface area contributed by atoms with Gasteiger partial charge < -0.3 is 4.74 Å². The van der Waals surface area contributed by atoms with E-state index < -0.39 is 0 Å². The largest absolute Gasteiger partial charge is 0.373 e. The van der Waals surface area contributed by atoms with Crippen molar-refractivity contribution in [3.05, 3.63) is 35.4 Å². The summed E-state index contributed by atoms with van der Waals surface area (Å²) in [6.45, 7) is 0.928. The Hall–Kier alpha value is -0.340. The van der Waals surface area contributed by atoms with Gasteiger partial charge in [0.05, 0.1) is 12.7 Å². The average molecular weight is 323 g/mol. The van der Waals surface area contributed by atoms with Crippen LogP contribution >= 0.6 is 15.9 Å². The lowest BCUT2D eigenvalue weighted by molar-refractivity contribution is -0.00870. The van der Waals surface area contributed by atoms with Crippen LogP contribution in [0.1, 0.15) is 55.8 Å². The van der Waals surface area contributed by atoms with Gasteiger partial charge in [-0.25, -0.2) is 0 Å². The molecule has 104 valence electrons. The summed E-state index contributed by atoms with van der Waals surface area (Å²) < 4.78 is 6.36. The predicted molar refractivity (Wildman–Crippen MR) is 82.8 cm³/mol. The zero-order valence-corrected chi connectivity index (χ0v) is 13.1. The highest BCUT2D eigenvalue weighted by Gasteiger charge is 2.34. The molecule has 1 atom stereocenters. The first-order valence-electron chi connectivity index (χ1n) is 7.58. The molecule has 0 bridgehead atoms. The summed E-state index contributed by atoms with van der Waals surface area (Å²) in [5.41, 5.74) is 3.35. The molecule has 1 fully saturated rings. The van der Waals surface area contributed by atoms with Crippen LogP contribution in [0.5, 0.6) is 0 Å². The Bertz CT molecular complexity index is 423. The number of hydrogen-bond acceptors (Lipinski definition) is 1. The van der Waals surface area contributed by atoms with Gasteiger partial charge in [-0.1, -0.05) is 53.0 Å². The average Bonchev–Trinajstić information content (AvgIpc) is 2.94. The highest BCUT2D eigenvalue weighted by molar-refractivity contribution is 9.09. The van der Waals surface area contributed by atoms with Crippen LogP contribution in [0.3, 0.4) is 0 Å². The van der Waals surface area contributed by atoms with E-state index in [1.807, 2.05) is 0 Å². The quantitative estimate of drug-likeness (QED) is 0.706. The second kappa shape index (κ2) is 5.97. The number of benzene rings is 1. The molecule has 0 radical (unpaired) electrons. The third-order valence-corrected chi connectivity index (χ3v) is 6.04. The summed E-state index contributed by atoms with van der Waals surface area (Å²) in [4.78, 5) is 0. The molecule has 1 unspecified atom stereocenters. The Balaban J connectivity index is 1.68. The van der Waals surface area contributed by atoms with Crippen molar-refractivity contribution in [2.24, 2.45) is 5.41 Å². The first-order valence-corrected chi connectivity index (χ1v) is 8.71. The maximum atomic E-state index is 6.36. The fourth-order valence-electron chi connectivity index (χ4n) is 3.60. The van der Waals surface area contributed by atoms with E-state index in [9.17, 15) is 0 Å². The molecule has 0 N–H and O–H groups in total. The van der Waals surface area contributed by atoms with E-state index in [2.05, 4.69) is 40.2 Å². The Kier molecular flexibility index (Phi) is 4.28. The van der Waals surface area contributed by atoms with Crippen molar-refractivity contribution in [2.75, 3.05) is 11.9 Å². The molecular weight excluding hydrogens is 300 g/mol. The monoisotopic (exact) mass is 322 g/mol. The van der Waals surface area contributed by atoms with Crippen LogP contribution in [0.15, 0.2) is 24.3 Å². The Morgan fingerprint density at radius 2 is 1.95 bits per heavy atom. The van der Waals surface area contributed by atoms with Crippen molar-refractivity contribution in [3.8, 4) is 0 Å². The van der Waals surface area contributed by atoms with Crippen LogP contribution in [0.25, 0.3) is 0 Å². The molecule has 0 saturated heterocycles. The summed E-state index contributed by atoms with van der Waals surface area (Å²) in [6, 6.07) is 8.82. The highest BCUT2D eigenvalue weighted by atomic mass is 79.9. The fourth-order valence-corrected chi connectivity index (χ4v) is 4.32. The molecule has 2 aliphatic rings. The molecule has 2 heteroatoms. The van der Waals surface area contributed by atoms with Gasteiger partial charge in [0.15, 0.2) is 0 Å². The van der Waals surface area contributed by atoms with Crippen molar-refractivity contribution in [1.82, 2.24) is 0 Å². The molecule has 1 aromatic carbocycles. The summed E-state index contributed by atoms with van der Waals surface area (Å²) in [5, 5.41) is 1.09. The van der Waals surface area contributed by atoms with Crippen LogP contribution in [-0.2, 0) is 11.2 Å². The van der Waals surface area contributed by atoms with Gasteiger partial charge in [-0.15, -0.1) is 0 Å². The molecule has 1 saturated carbocycles. The van der Waals surface area contributed by atoms with Gasteiger partial charge in [-0.05, 0) is 43.2 Å². The van der Waals surface area contributed by atoms with Gasteiger partial charge in [-0.2, -0.15) is 0 Å². The molecule has 0 aromatic heterocycles. The second-order valence-electron chi connectivity index (χ2n) is 6.23. The van der Waals surface area contributed by atoms with Crippen LogP contribution in [-0.4, -0.2) is 11.9 Å². The first kappa shape index (κ1) is 13.6. The molecule has 0 aliphatic heterocycles. The van der Waals surface area contributed by atoms with E-state index in [0.717, 1.165) is 11.9 Å². The first-order chi connectivity index (χ1) is 9.33. The summed E-state index contributed by atoms with van der Waals surface area (Å²) >= 11 is 3.71. The summed E-state index contributed by atoms with van der Waals surface area (Å²) in [7, 11) is 0. The smallest absolute Gasteiger partial charge is 0.0828 e. The second-order valence-corrected chi connectivity index (χ2v) is 6.79. The minimum Gasteiger partial charge on any atom is -0.373 e. The zero-order valence-electron chi connectivity index (χ0n) is 11.5. The van der Waals surface area contributed by atoms with Crippen LogP contribution in [0.2, 0.25) is 0 Å². The maximum Gasteiger partial charge on any atom is 0.0828 e. The van der Waals surface area contributed by atoms with Crippen molar-refractivity contribution in [1.29, 1.82) is 0 Å².